The Kier molecular flexibility index (Phi) is 3.51. The fraction of sp³-hybridized carbons (Fsp3) is 0.200. The Bertz CT molecular complexity index is 249. The van der Waals surface area contributed by atoms with Crippen molar-refractivity contribution in [2.24, 2.45) is 11.5 Å². The van der Waals surface area contributed by atoms with Gasteiger partial charge in [0.25, 0.3) is 0 Å². The molecule has 0 aliphatic rings. The van der Waals surface area contributed by atoms with E-state index < -0.39 is 0 Å². The standard InChI is InChI=1S/C10H14N2/c11-7-1-2-9-3-5-10(8-12)6-4-9/h1-6H,7-8,11-12H2. The molecule has 0 spiro atoms. The van der Waals surface area contributed by atoms with Crippen LogP contribution in [-0.4, -0.2) is 6.54 Å². The summed E-state index contributed by atoms with van der Waals surface area (Å²) >= 11 is 0. The van der Waals surface area contributed by atoms with E-state index in [9.17, 15) is 0 Å². The lowest BCUT2D eigenvalue weighted by atomic mass is 10.1. The van der Waals surface area contributed by atoms with Crippen LogP contribution in [0.25, 0.3) is 6.08 Å². The van der Waals surface area contributed by atoms with E-state index in [2.05, 4.69) is 0 Å². The molecule has 0 heterocycles. The van der Waals surface area contributed by atoms with Crippen molar-refractivity contribution < 1.29 is 0 Å². The molecule has 0 radical (unpaired) electrons. The van der Waals surface area contributed by atoms with Crippen molar-refractivity contribution in [3.8, 4) is 0 Å². The summed E-state index contributed by atoms with van der Waals surface area (Å²) in [5.41, 5.74) is 13.1. The Morgan fingerprint density at radius 1 is 1.08 bits per heavy atom. The fourth-order valence-corrected chi connectivity index (χ4v) is 0.969. The average Bonchev–Trinajstić information content (AvgIpc) is 2.15. The fourth-order valence-electron chi connectivity index (χ4n) is 0.969. The van der Waals surface area contributed by atoms with Gasteiger partial charge in [-0.3, -0.25) is 0 Å². The molecule has 1 aromatic carbocycles. The van der Waals surface area contributed by atoms with Crippen molar-refractivity contribution in [2.75, 3.05) is 6.54 Å². The lowest BCUT2D eigenvalue weighted by Gasteiger charge is -1.96. The number of nitrogens with two attached hydrogens (primary N) is 2. The van der Waals surface area contributed by atoms with Crippen LogP contribution in [0.15, 0.2) is 30.3 Å². The van der Waals surface area contributed by atoms with Gasteiger partial charge in [-0.15, -0.1) is 0 Å². The number of hydrogen-bond donors (Lipinski definition) is 2. The van der Waals surface area contributed by atoms with Gasteiger partial charge in [0.2, 0.25) is 0 Å². The first-order valence-corrected chi connectivity index (χ1v) is 4.02. The first kappa shape index (κ1) is 8.97. The van der Waals surface area contributed by atoms with E-state index in [1.165, 1.54) is 0 Å². The van der Waals surface area contributed by atoms with Gasteiger partial charge in [0.1, 0.15) is 0 Å². The lowest BCUT2D eigenvalue weighted by molar-refractivity contribution is 1.07. The van der Waals surface area contributed by atoms with Crippen molar-refractivity contribution in [2.45, 2.75) is 6.54 Å². The highest BCUT2D eigenvalue weighted by Crippen LogP contribution is 2.04. The highest BCUT2D eigenvalue weighted by atomic mass is 14.5. The molecular weight excluding hydrogens is 148 g/mol. The average molecular weight is 162 g/mol. The van der Waals surface area contributed by atoms with Crippen LogP contribution < -0.4 is 11.5 Å². The van der Waals surface area contributed by atoms with Crippen molar-refractivity contribution in [3.63, 3.8) is 0 Å². The van der Waals surface area contributed by atoms with Gasteiger partial charge in [-0.1, -0.05) is 36.4 Å². The summed E-state index contributed by atoms with van der Waals surface area (Å²) in [6.07, 6.45) is 3.93. The van der Waals surface area contributed by atoms with Gasteiger partial charge in [0.15, 0.2) is 0 Å². The van der Waals surface area contributed by atoms with Crippen molar-refractivity contribution in [3.05, 3.63) is 41.5 Å². The predicted octanol–water partition coefficient (Wildman–Crippen LogP) is 1.12. The quantitative estimate of drug-likeness (QED) is 0.699. The minimum atomic E-state index is 0.582. The summed E-state index contributed by atoms with van der Waals surface area (Å²) in [6, 6.07) is 8.12. The molecule has 0 atom stereocenters. The maximum Gasteiger partial charge on any atom is 0.0178 e. The monoisotopic (exact) mass is 162 g/mol. The molecule has 2 nitrogen and oxygen atoms in total. The van der Waals surface area contributed by atoms with Gasteiger partial charge in [-0.05, 0) is 11.1 Å². The van der Waals surface area contributed by atoms with E-state index in [4.69, 9.17) is 11.5 Å². The maximum absolute atomic E-state index is 5.46. The van der Waals surface area contributed by atoms with Crippen LogP contribution in [0.1, 0.15) is 11.1 Å². The zero-order valence-corrected chi connectivity index (χ0v) is 7.03. The Hall–Kier alpha value is -1.12. The summed E-state index contributed by atoms with van der Waals surface area (Å²) in [7, 11) is 0. The van der Waals surface area contributed by atoms with Gasteiger partial charge in [-0.25, -0.2) is 0 Å². The molecule has 0 aliphatic heterocycles. The Balaban J connectivity index is 2.71. The first-order valence-electron chi connectivity index (χ1n) is 4.02. The predicted molar refractivity (Wildman–Crippen MR) is 52.4 cm³/mol. The minimum absolute atomic E-state index is 0.582. The third-order valence-corrected chi connectivity index (χ3v) is 1.66. The first-order chi connectivity index (χ1) is 5.86. The maximum atomic E-state index is 5.46. The van der Waals surface area contributed by atoms with Crippen LogP contribution in [0, 0.1) is 0 Å². The van der Waals surface area contributed by atoms with E-state index in [1.807, 2.05) is 36.4 Å². The molecule has 0 aliphatic carbocycles. The number of rotatable bonds is 3. The molecule has 0 saturated heterocycles. The third kappa shape index (κ3) is 2.49. The lowest BCUT2D eigenvalue weighted by Crippen LogP contribution is -1.95. The second-order valence-corrected chi connectivity index (χ2v) is 2.58. The van der Waals surface area contributed by atoms with E-state index in [-0.39, 0.29) is 0 Å². The summed E-state index contributed by atoms with van der Waals surface area (Å²) < 4.78 is 0. The van der Waals surface area contributed by atoms with Crippen LogP contribution >= 0.6 is 0 Å². The smallest absolute Gasteiger partial charge is 0.0178 e. The summed E-state index contributed by atoms with van der Waals surface area (Å²) in [6.45, 7) is 1.18. The summed E-state index contributed by atoms with van der Waals surface area (Å²) in [5.74, 6) is 0. The topological polar surface area (TPSA) is 52.0 Å². The molecule has 0 unspecified atom stereocenters. The molecule has 0 amide bonds. The van der Waals surface area contributed by atoms with Gasteiger partial charge in [0, 0.05) is 13.1 Å². The number of hydrogen-bond acceptors (Lipinski definition) is 2. The second kappa shape index (κ2) is 4.70. The van der Waals surface area contributed by atoms with Crippen molar-refractivity contribution in [1.82, 2.24) is 0 Å². The van der Waals surface area contributed by atoms with Gasteiger partial charge >= 0.3 is 0 Å². The highest BCUT2D eigenvalue weighted by molar-refractivity contribution is 5.49. The molecule has 12 heavy (non-hydrogen) atoms. The van der Waals surface area contributed by atoms with Crippen LogP contribution in [-0.2, 0) is 6.54 Å². The Morgan fingerprint density at radius 3 is 2.25 bits per heavy atom. The van der Waals surface area contributed by atoms with E-state index in [0.717, 1.165) is 11.1 Å². The largest absolute Gasteiger partial charge is 0.327 e. The SMILES string of the molecule is NCC=Cc1ccc(CN)cc1. The van der Waals surface area contributed by atoms with Crippen LogP contribution in [0.4, 0.5) is 0 Å². The van der Waals surface area contributed by atoms with Crippen LogP contribution in [0.5, 0.6) is 0 Å². The molecule has 0 aromatic heterocycles. The summed E-state index contributed by atoms with van der Waals surface area (Å²) in [5, 5.41) is 0. The molecule has 1 aromatic rings. The molecule has 0 bridgehead atoms. The molecule has 4 N–H and O–H groups in total. The van der Waals surface area contributed by atoms with Gasteiger partial charge in [0.05, 0.1) is 0 Å². The van der Waals surface area contributed by atoms with Crippen molar-refractivity contribution >= 4 is 6.08 Å². The second-order valence-electron chi connectivity index (χ2n) is 2.58. The summed E-state index contributed by atoms with van der Waals surface area (Å²) in [4.78, 5) is 0. The Morgan fingerprint density at radius 2 is 1.75 bits per heavy atom. The highest BCUT2D eigenvalue weighted by Gasteiger charge is 1.87. The van der Waals surface area contributed by atoms with E-state index in [1.54, 1.807) is 0 Å². The minimum Gasteiger partial charge on any atom is -0.327 e. The van der Waals surface area contributed by atoms with Gasteiger partial charge < -0.3 is 11.5 Å². The van der Waals surface area contributed by atoms with Crippen molar-refractivity contribution in [1.29, 1.82) is 0 Å². The van der Waals surface area contributed by atoms with E-state index in [0.29, 0.717) is 13.1 Å². The number of benzene rings is 1. The molecular formula is C10H14N2. The van der Waals surface area contributed by atoms with Crippen LogP contribution in [0.2, 0.25) is 0 Å². The molecule has 2 heteroatoms. The zero-order chi connectivity index (χ0) is 8.81. The normalized spacial score (nSPS) is 10.8. The van der Waals surface area contributed by atoms with Crippen LogP contribution in [0.3, 0.4) is 0 Å². The van der Waals surface area contributed by atoms with E-state index >= 15 is 0 Å². The Labute approximate surface area is 72.9 Å². The molecule has 1 rings (SSSR count). The zero-order valence-electron chi connectivity index (χ0n) is 7.03. The molecule has 0 fully saturated rings. The molecule has 0 saturated carbocycles. The van der Waals surface area contributed by atoms with Gasteiger partial charge in [-0.2, -0.15) is 0 Å². The molecule has 64 valence electrons. The third-order valence-electron chi connectivity index (χ3n) is 1.66.